The van der Waals surface area contributed by atoms with E-state index in [1.165, 1.54) is 0 Å². The number of hydrogen-bond donors (Lipinski definition) is 2. The van der Waals surface area contributed by atoms with Gasteiger partial charge in [-0.15, -0.1) is 0 Å². The van der Waals surface area contributed by atoms with Crippen molar-refractivity contribution < 1.29 is 14.8 Å². The Morgan fingerprint density at radius 3 is 2.74 bits per heavy atom. The van der Waals surface area contributed by atoms with E-state index in [9.17, 15) is 10.0 Å². The number of imidazole rings is 1. The molecule has 0 atom stereocenters. The van der Waals surface area contributed by atoms with Crippen LogP contribution in [0.2, 0.25) is 5.02 Å². The van der Waals surface area contributed by atoms with Gasteiger partial charge in [0.15, 0.2) is 0 Å². The minimum atomic E-state index is -1.58. The van der Waals surface area contributed by atoms with Crippen LogP contribution in [0, 0.1) is 6.92 Å². The first-order valence-corrected chi connectivity index (χ1v) is 9.34. The lowest BCUT2D eigenvalue weighted by Gasteiger charge is -2.29. The summed E-state index contributed by atoms with van der Waals surface area (Å²) in [7, 11) is -1.58. The Balaban J connectivity index is 1.79. The summed E-state index contributed by atoms with van der Waals surface area (Å²) in [5.74, 6) is 0. The van der Waals surface area contributed by atoms with Crippen LogP contribution in [0.4, 0.5) is 5.69 Å². The molecule has 1 fully saturated rings. The van der Waals surface area contributed by atoms with E-state index in [2.05, 4.69) is 16.0 Å². The predicted molar refractivity (Wildman–Crippen MR) is 108 cm³/mol. The number of hydrogen-bond acceptors (Lipinski definition) is 5. The largest absolute Gasteiger partial charge is 0.490 e. The molecule has 6 nitrogen and oxygen atoms in total. The van der Waals surface area contributed by atoms with Gasteiger partial charge in [0.05, 0.1) is 30.6 Å². The van der Waals surface area contributed by atoms with E-state index in [-0.39, 0.29) is 0 Å². The van der Waals surface area contributed by atoms with Crippen molar-refractivity contribution in [1.82, 2.24) is 9.55 Å². The van der Waals surface area contributed by atoms with Gasteiger partial charge >= 0.3 is 7.12 Å². The highest BCUT2D eigenvalue weighted by atomic mass is 35.5. The molecule has 0 aliphatic carbocycles. The van der Waals surface area contributed by atoms with Crippen LogP contribution < -0.4 is 10.4 Å². The molecule has 0 amide bonds. The molecule has 1 aliphatic rings. The zero-order valence-corrected chi connectivity index (χ0v) is 15.9. The molecular weight excluding hydrogens is 364 g/mol. The quantitative estimate of drug-likeness (QED) is 0.667. The normalized spacial score (nSPS) is 14.7. The number of aromatic nitrogens is 2. The van der Waals surface area contributed by atoms with Crippen LogP contribution >= 0.6 is 11.6 Å². The van der Waals surface area contributed by atoms with Gasteiger partial charge in [-0.3, -0.25) is 0 Å². The van der Waals surface area contributed by atoms with Gasteiger partial charge in [-0.1, -0.05) is 23.7 Å². The molecule has 0 unspecified atom stereocenters. The van der Waals surface area contributed by atoms with Crippen molar-refractivity contribution in [3.63, 3.8) is 0 Å². The number of ether oxygens (including phenoxy) is 1. The number of rotatable bonds is 4. The van der Waals surface area contributed by atoms with Crippen molar-refractivity contribution >= 4 is 40.9 Å². The summed E-state index contributed by atoms with van der Waals surface area (Å²) >= 11 is 6.26. The van der Waals surface area contributed by atoms with Gasteiger partial charge in [-0.2, -0.15) is 0 Å². The zero-order valence-electron chi connectivity index (χ0n) is 15.1. The molecule has 0 radical (unpaired) electrons. The molecule has 0 bridgehead atoms. The number of morpholine rings is 1. The summed E-state index contributed by atoms with van der Waals surface area (Å²) in [5, 5.41) is 20.5. The monoisotopic (exact) mass is 385 g/mol. The predicted octanol–water partition coefficient (Wildman–Crippen LogP) is 1.56. The fraction of sp³-hybridized carbons (Fsp3) is 0.316. The van der Waals surface area contributed by atoms with Gasteiger partial charge in [0.2, 0.25) is 0 Å². The van der Waals surface area contributed by atoms with Crippen molar-refractivity contribution in [2.24, 2.45) is 0 Å². The number of benzene rings is 2. The third-order valence-corrected chi connectivity index (χ3v) is 5.52. The molecule has 1 aromatic heterocycles. The smallest absolute Gasteiger partial charge is 0.423 e. The summed E-state index contributed by atoms with van der Waals surface area (Å²) < 4.78 is 7.45. The summed E-state index contributed by atoms with van der Waals surface area (Å²) in [6.07, 6.45) is 1.74. The van der Waals surface area contributed by atoms with E-state index in [4.69, 9.17) is 16.3 Å². The Bertz CT molecular complexity index is 970. The summed E-state index contributed by atoms with van der Waals surface area (Å²) in [6.45, 7) is 5.48. The molecule has 27 heavy (non-hydrogen) atoms. The van der Waals surface area contributed by atoms with E-state index in [1.54, 1.807) is 12.4 Å². The lowest BCUT2D eigenvalue weighted by Crippen LogP contribution is -2.38. The Labute approximate surface area is 163 Å². The first-order valence-electron chi connectivity index (χ1n) is 8.96. The van der Waals surface area contributed by atoms with Gasteiger partial charge in [0, 0.05) is 35.8 Å². The number of anilines is 1. The maximum absolute atomic E-state index is 9.87. The second kappa shape index (κ2) is 7.52. The highest BCUT2D eigenvalue weighted by Gasteiger charge is 2.22. The third kappa shape index (κ3) is 3.56. The molecule has 1 aliphatic heterocycles. The number of nitrogens with zero attached hydrogens (tertiary/aromatic N) is 3. The fourth-order valence-corrected chi connectivity index (χ4v) is 3.70. The Hall–Kier alpha value is -2.06. The maximum Gasteiger partial charge on any atom is 0.490 e. The second-order valence-corrected chi connectivity index (χ2v) is 7.18. The van der Waals surface area contributed by atoms with Crippen molar-refractivity contribution in [1.29, 1.82) is 0 Å². The van der Waals surface area contributed by atoms with Crippen molar-refractivity contribution in [3.05, 3.63) is 52.8 Å². The molecule has 1 saturated heterocycles. The molecule has 4 rings (SSSR count). The molecule has 8 heteroatoms. The molecule has 2 aromatic carbocycles. The second-order valence-electron chi connectivity index (χ2n) is 6.77. The van der Waals surface area contributed by atoms with Crippen LogP contribution in [0.15, 0.2) is 36.7 Å². The van der Waals surface area contributed by atoms with Crippen molar-refractivity contribution in [2.45, 2.75) is 13.5 Å². The van der Waals surface area contributed by atoms with Gasteiger partial charge in [0.25, 0.3) is 0 Å². The summed E-state index contributed by atoms with van der Waals surface area (Å²) in [5.41, 5.74) is 4.95. The maximum atomic E-state index is 9.87. The average molecular weight is 386 g/mol. The molecule has 2 N–H and O–H groups in total. The Morgan fingerprint density at radius 2 is 2.00 bits per heavy atom. The van der Waals surface area contributed by atoms with Crippen molar-refractivity contribution in [2.75, 3.05) is 31.2 Å². The highest BCUT2D eigenvalue weighted by molar-refractivity contribution is 6.61. The lowest BCUT2D eigenvalue weighted by atomic mass is 9.79. The van der Waals surface area contributed by atoms with E-state index >= 15 is 0 Å². The number of fused-ring (bicyclic) bond motifs is 1. The van der Waals surface area contributed by atoms with E-state index in [0.717, 1.165) is 40.4 Å². The average Bonchev–Trinajstić information content (AvgIpc) is 3.08. The summed E-state index contributed by atoms with van der Waals surface area (Å²) in [6, 6.07) is 9.72. The van der Waals surface area contributed by atoms with E-state index < -0.39 is 7.12 Å². The molecular formula is C19H21BClN3O3. The number of halogens is 1. The van der Waals surface area contributed by atoms with Crippen molar-refractivity contribution in [3.8, 4) is 0 Å². The van der Waals surface area contributed by atoms with E-state index in [0.29, 0.717) is 30.7 Å². The van der Waals surface area contributed by atoms with Crippen LogP contribution in [0.1, 0.15) is 11.1 Å². The van der Waals surface area contributed by atoms with Crippen LogP contribution in [-0.4, -0.2) is 53.0 Å². The van der Waals surface area contributed by atoms with Gasteiger partial charge in [-0.05, 0) is 36.2 Å². The molecule has 0 saturated carbocycles. The van der Waals surface area contributed by atoms with Gasteiger partial charge in [0.1, 0.15) is 0 Å². The van der Waals surface area contributed by atoms with Gasteiger partial charge in [-0.25, -0.2) is 4.98 Å². The Morgan fingerprint density at radius 1 is 1.22 bits per heavy atom. The topological polar surface area (TPSA) is 70.8 Å². The minimum Gasteiger partial charge on any atom is -0.423 e. The lowest BCUT2D eigenvalue weighted by molar-refractivity contribution is 0.122. The Kier molecular flexibility index (Phi) is 5.10. The SMILES string of the molecule is Cc1c(Cl)cccc1Cn1cnc2c(B(O)O)cc(N3CCOCC3)cc21. The molecule has 140 valence electrons. The fourth-order valence-electron chi connectivity index (χ4n) is 3.51. The van der Waals surface area contributed by atoms with E-state index in [1.807, 2.05) is 29.7 Å². The first-order chi connectivity index (χ1) is 13.0. The van der Waals surface area contributed by atoms with Gasteiger partial charge < -0.3 is 24.3 Å². The molecule has 3 aromatic rings. The van der Waals surface area contributed by atoms with Crippen LogP contribution in [0.5, 0.6) is 0 Å². The van der Waals surface area contributed by atoms with Crippen LogP contribution in [0.25, 0.3) is 11.0 Å². The molecule has 0 spiro atoms. The zero-order chi connectivity index (χ0) is 19.0. The first kappa shape index (κ1) is 18.3. The minimum absolute atomic E-state index is 0.413. The van der Waals surface area contributed by atoms with Crippen LogP contribution in [-0.2, 0) is 11.3 Å². The highest BCUT2D eigenvalue weighted by Crippen LogP contribution is 2.24. The third-order valence-electron chi connectivity index (χ3n) is 5.11. The summed E-state index contributed by atoms with van der Waals surface area (Å²) in [4.78, 5) is 6.63. The standard InChI is InChI=1S/C19H21BClN3O3/c1-13-14(3-2-4-17(13)21)11-24-12-22-19-16(20(25)26)9-15(10-18(19)24)23-5-7-27-8-6-23/h2-4,9-10,12,25-26H,5-8,11H2,1H3. The van der Waals surface area contributed by atoms with Crippen LogP contribution in [0.3, 0.4) is 0 Å². The molecule has 2 heterocycles.